The van der Waals surface area contributed by atoms with Crippen LogP contribution in [-0.4, -0.2) is 16.8 Å². The molecule has 0 saturated heterocycles. The summed E-state index contributed by atoms with van der Waals surface area (Å²) in [5, 5.41) is 7.55. The lowest BCUT2D eigenvalue weighted by molar-refractivity contribution is 0.255. The van der Waals surface area contributed by atoms with Gasteiger partial charge >= 0.3 is 0 Å². The standard InChI is InChI=1S/C18H22F3N3O.ClH/c1-22-9-15-8-17(24(23-15)10-12-4-2-3-5-12)25-11-13-6-14(19)7-16(20)18(13)21;/h6-8,12,22H,2-5,9-11H2,1H3;1H. The largest absolute Gasteiger partial charge is 0.473 e. The molecule has 1 fully saturated rings. The first-order chi connectivity index (χ1) is 12.1. The van der Waals surface area contributed by atoms with Crippen molar-refractivity contribution in [2.45, 2.75) is 45.4 Å². The number of rotatable bonds is 7. The molecule has 8 heteroatoms. The van der Waals surface area contributed by atoms with E-state index in [-0.39, 0.29) is 24.6 Å². The van der Waals surface area contributed by atoms with Crippen LogP contribution in [0.25, 0.3) is 0 Å². The Morgan fingerprint density at radius 1 is 1.19 bits per heavy atom. The third kappa shape index (κ3) is 4.92. The molecular weight excluding hydrogens is 367 g/mol. The van der Waals surface area contributed by atoms with E-state index in [2.05, 4.69) is 10.4 Å². The first-order valence-corrected chi connectivity index (χ1v) is 8.54. The van der Waals surface area contributed by atoms with Gasteiger partial charge in [-0.3, -0.25) is 0 Å². The lowest BCUT2D eigenvalue weighted by atomic mass is 10.1. The van der Waals surface area contributed by atoms with E-state index in [4.69, 9.17) is 4.74 Å². The summed E-state index contributed by atoms with van der Waals surface area (Å²) in [6.07, 6.45) is 4.76. The molecule has 0 spiro atoms. The van der Waals surface area contributed by atoms with Crippen LogP contribution < -0.4 is 10.1 Å². The summed E-state index contributed by atoms with van der Waals surface area (Å²) in [4.78, 5) is 0. The summed E-state index contributed by atoms with van der Waals surface area (Å²) >= 11 is 0. The smallest absolute Gasteiger partial charge is 0.212 e. The van der Waals surface area contributed by atoms with Gasteiger partial charge in [-0.2, -0.15) is 5.10 Å². The molecule has 1 aliphatic rings. The Kier molecular flexibility index (Phi) is 7.34. The number of nitrogens with zero attached hydrogens (tertiary/aromatic N) is 2. The first kappa shape index (κ1) is 20.6. The number of hydrogen-bond acceptors (Lipinski definition) is 3. The van der Waals surface area contributed by atoms with Crippen LogP contribution in [-0.2, 0) is 19.7 Å². The average Bonchev–Trinajstić information content (AvgIpc) is 3.20. The number of halogens is 4. The lowest BCUT2D eigenvalue weighted by Crippen LogP contribution is -2.13. The summed E-state index contributed by atoms with van der Waals surface area (Å²) in [6, 6.07) is 3.25. The topological polar surface area (TPSA) is 39.1 Å². The van der Waals surface area contributed by atoms with Crippen molar-refractivity contribution in [2.75, 3.05) is 7.05 Å². The quantitative estimate of drug-likeness (QED) is 0.721. The van der Waals surface area contributed by atoms with Crippen LogP contribution in [0.15, 0.2) is 18.2 Å². The van der Waals surface area contributed by atoms with Crippen LogP contribution in [0.2, 0.25) is 0 Å². The molecule has 1 aromatic carbocycles. The van der Waals surface area contributed by atoms with Crippen molar-refractivity contribution in [2.24, 2.45) is 5.92 Å². The van der Waals surface area contributed by atoms with E-state index < -0.39 is 17.5 Å². The van der Waals surface area contributed by atoms with E-state index in [9.17, 15) is 13.2 Å². The summed E-state index contributed by atoms with van der Waals surface area (Å²) < 4.78 is 47.8. The molecule has 0 radical (unpaired) electrons. The van der Waals surface area contributed by atoms with Gasteiger partial charge in [0.1, 0.15) is 12.4 Å². The Morgan fingerprint density at radius 3 is 2.62 bits per heavy atom. The molecule has 0 amide bonds. The molecule has 1 aromatic heterocycles. The monoisotopic (exact) mass is 389 g/mol. The SMILES string of the molecule is CNCc1cc(OCc2cc(F)cc(F)c2F)n(CC2CCCC2)n1.Cl. The van der Waals surface area contributed by atoms with Gasteiger partial charge in [0.25, 0.3) is 0 Å². The summed E-state index contributed by atoms with van der Waals surface area (Å²) in [7, 11) is 1.82. The highest BCUT2D eigenvalue weighted by atomic mass is 35.5. The maximum atomic E-state index is 13.8. The van der Waals surface area contributed by atoms with E-state index in [0.717, 1.165) is 31.1 Å². The lowest BCUT2D eigenvalue weighted by Gasteiger charge is -2.13. The minimum atomic E-state index is -1.21. The van der Waals surface area contributed by atoms with Gasteiger partial charge in [-0.15, -0.1) is 12.4 Å². The van der Waals surface area contributed by atoms with Gasteiger partial charge in [-0.1, -0.05) is 12.8 Å². The van der Waals surface area contributed by atoms with E-state index in [1.54, 1.807) is 10.7 Å². The van der Waals surface area contributed by atoms with Gasteiger partial charge in [0.05, 0.1) is 5.69 Å². The zero-order valence-electron chi connectivity index (χ0n) is 14.6. The third-order valence-corrected chi connectivity index (χ3v) is 4.50. The number of aromatic nitrogens is 2. The van der Waals surface area contributed by atoms with Crippen LogP contribution in [0, 0.1) is 23.4 Å². The van der Waals surface area contributed by atoms with Crippen LogP contribution in [0.1, 0.15) is 36.9 Å². The van der Waals surface area contributed by atoms with Crippen LogP contribution in [0.3, 0.4) is 0 Å². The minimum Gasteiger partial charge on any atom is -0.473 e. The van der Waals surface area contributed by atoms with Crippen molar-refractivity contribution >= 4 is 12.4 Å². The molecule has 0 aliphatic heterocycles. The Morgan fingerprint density at radius 2 is 1.92 bits per heavy atom. The molecular formula is C18H23ClF3N3O. The Hall–Kier alpha value is -1.73. The highest BCUT2D eigenvalue weighted by molar-refractivity contribution is 5.85. The number of nitrogens with one attached hydrogen (secondary N) is 1. The molecule has 2 aromatic rings. The maximum absolute atomic E-state index is 13.8. The van der Waals surface area contributed by atoms with Gasteiger partial charge in [0.15, 0.2) is 11.6 Å². The van der Waals surface area contributed by atoms with Crippen LogP contribution in [0.4, 0.5) is 13.2 Å². The Balaban J connectivity index is 0.00000243. The summed E-state index contributed by atoms with van der Waals surface area (Å²) in [5.41, 5.74) is 0.655. The number of hydrogen-bond donors (Lipinski definition) is 1. The van der Waals surface area contributed by atoms with Gasteiger partial charge in [0, 0.05) is 30.8 Å². The second kappa shape index (κ2) is 9.28. The van der Waals surface area contributed by atoms with Crippen molar-refractivity contribution in [3.05, 3.63) is 46.9 Å². The number of ether oxygens (including phenoxy) is 1. The summed E-state index contributed by atoms with van der Waals surface area (Å²) in [5.74, 6) is -2.09. The van der Waals surface area contributed by atoms with Crippen molar-refractivity contribution < 1.29 is 17.9 Å². The molecule has 1 aliphatic carbocycles. The average molecular weight is 390 g/mol. The molecule has 3 rings (SSSR count). The van der Waals surface area contributed by atoms with Crippen molar-refractivity contribution in [1.29, 1.82) is 0 Å². The summed E-state index contributed by atoms with van der Waals surface area (Å²) in [6.45, 7) is 1.06. The van der Waals surface area contributed by atoms with E-state index in [1.165, 1.54) is 12.8 Å². The maximum Gasteiger partial charge on any atom is 0.212 e. The third-order valence-electron chi connectivity index (χ3n) is 4.50. The number of benzene rings is 1. The van der Waals surface area contributed by atoms with Crippen molar-refractivity contribution in [3.8, 4) is 5.88 Å². The van der Waals surface area contributed by atoms with E-state index in [1.807, 2.05) is 7.05 Å². The van der Waals surface area contributed by atoms with Gasteiger partial charge in [0.2, 0.25) is 5.88 Å². The molecule has 4 nitrogen and oxygen atoms in total. The van der Waals surface area contributed by atoms with E-state index >= 15 is 0 Å². The molecule has 144 valence electrons. The highest BCUT2D eigenvalue weighted by Crippen LogP contribution is 2.28. The minimum absolute atomic E-state index is 0. The fourth-order valence-corrected chi connectivity index (χ4v) is 3.27. The molecule has 1 saturated carbocycles. The normalized spacial score (nSPS) is 14.5. The predicted molar refractivity (Wildman–Crippen MR) is 94.8 cm³/mol. The van der Waals surface area contributed by atoms with Gasteiger partial charge in [-0.05, 0) is 31.9 Å². The van der Waals surface area contributed by atoms with Crippen molar-refractivity contribution in [3.63, 3.8) is 0 Å². The van der Waals surface area contributed by atoms with Gasteiger partial charge < -0.3 is 10.1 Å². The van der Waals surface area contributed by atoms with Crippen LogP contribution in [0.5, 0.6) is 5.88 Å². The predicted octanol–water partition coefficient (Wildman–Crippen LogP) is 4.21. The highest BCUT2D eigenvalue weighted by Gasteiger charge is 2.19. The van der Waals surface area contributed by atoms with Gasteiger partial charge in [-0.25, -0.2) is 17.9 Å². The molecule has 0 atom stereocenters. The zero-order chi connectivity index (χ0) is 17.8. The van der Waals surface area contributed by atoms with E-state index in [0.29, 0.717) is 24.4 Å². The molecule has 0 unspecified atom stereocenters. The first-order valence-electron chi connectivity index (χ1n) is 8.54. The Bertz CT molecular complexity index is 733. The fourth-order valence-electron chi connectivity index (χ4n) is 3.27. The molecule has 26 heavy (non-hydrogen) atoms. The second-order valence-corrected chi connectivity index (χ2v) is 6.49. The molecule has 1 heterocycles. The van der Waals surface area contributed by atoms with Crippen LogP contribution >= 0.6 is 12.4 Å². The Labute approximate surface area is 157 Å². The molecule has 0 bridgehead atoms. The fraction of sp³-hybridized carbons (Fsp3) is 0.500. The molecule has 1 N–H and O–H groups in total. The second-order valence-electron chi connectivity index (χ2n) is 6.49. The van der Waals surface area contributed by atoms with Crippen molar-refractivity contribution in [1.82, 2.24) is 15.1 Å². The zero-order valence-corrected chi connectivity index (χ0v) is 15.4.